The number of nitrogens with zero attached hydrogens (tertiary/aromatic N) is 2. The van der Waals surface area contributed by atoms with E-state index >= 15 is 0 Å². The third-order valence-electron chi connectivity index (χ3n) is 4.98. The molecule has 0 radical (unpaired) electrons. The molecule has 3 atom stereocenters. The highest BCUT2D eigenvalue weighted by Gasteiger charge is 2.43. The van der Waals surface area contributed by atoms with Crippen LogP contribution in [0.4, 0.5) is 0 Å². The number of amides is 2. The predicted molar refractivity (Wildman–Crippen MR) is 78.0 cm³/mol. The van der Waals surface area contributed by atoms with E-state index in [4.69, 9.17) is 4.42 Å². The van der Waals surface area contributed by atoms with Crippen molar-refractivity contribution in [2.45, 2.75) is 57.7 Å². The molecule has 1 aliphatic heterocycles. The van der Waals surface area contributed by atoms with E-state index in [1.54, 1.807) is 36.1 Å². The van der Waals surface area contributed by atoms with E-state index in [1.807, 2.05) is 13.8 Å². The Kier molecular flexibility index (Phi) is 3.30. The summed E-state index contributed by atoms with van der Waals surface area (Å²) < 4.78 is 5.50. The maximum atomic E-state index is 12.9. The summed E-state index contributed by atoms with van der Waals surface area (Å²) in [5.74, 6) is 1.08. The Labute approximate surface area is 124 Å². The monoisotopic (exact) mass is 290 g/mol. The maximum absolute atomic E-state index is 12.9. The van der Waals surface area contributed by atoms with Gasteiger partial charge in [0.2, 0.25) is 5.91 Å². The molecule has 114 valence electrons. The minimum atomic E-state index is -0.435. The van der Waals surface area contributed by atoms with E-state index in [1.165, 1.54) is 0 Å². The van der Waals surface area contributed by atoms with Gasteiger partial charge in [-0.2, -0.15) is 0 Å². The molecule has 1 aliphatic carbocycles. The van der Waals surface area contributed by atoms with E-state index in [-0.39, 0.29) is 23.9 Å². The number of hydrogen-bond donors (Lipinski definition) is 0. The molecule has 0 spiro atoms. The standard InChI is InChI=1S/C16H22N2O3/c1-9-10(2)18(11(3)15(19)17(9)4)16(20)13-7-8-21-14(13)12-5-6-12/h7-12H,5-6H2,1-4H3. The summed E-state index contributed by atoms with van der Waals surface area (Å²) in [6.07, 6.45) is 3.74. The molecule has 1 saturated heterocycles. The van der Waals surface area contributed by atoms with Crippen LogP contribution in [0.2, 0.25) is 0 Å². The summed E-state index contributed by atoms with van der Waals surface area (Å²) in [6, 6.07) is 1.30. The number of likely N-dealkylation sites (N-methyl/N-ethyl adjacent to an activating group) is 1. The van der Waals surface area contributed by atoms with Crippen LogP contribution in [-0.2, 0) is 4.79 Å². The zero-order chi connectivity index (χ0) is 15.3. The van der Waals surface area contributed by atoms with Crippen molar-refractivity contribution >= 4 is 11.8 Å². The lowest BCUT2D eigenvalue weighted by Gasteiger charge is -2.46. The Balaban J connectivity index is 1.92. The van der Waals surface area contributed by atoms with Gasteiger partial charge in [-0.3, -0.25) is 9.59 Å². The molecule has 1 aromatic heterocycles. The average Bonchev–Trinajstić information content (AvgIpc) is 3.20. The fraction of sp³-hybridized carbons (Fsp3) is 0.625. The van der Waals surface area contributed by atoms with Gasteiger partial charge in [0, 0.05) is 19.0 Å². The van der Waals surface area contributed by atoms with Crippen LogP contribution in [0.25, 0.3) is 0 Å². The Morgan fingerprint density at radius 3 is 2.52 bits per heavy atom. The van der Waals surface area contributed by atoms with Gasteiger partial charge in [-0.25, -0.2) is 0 Å². The second kappa shape index (κ2) is 4.90. The van der Waals surface area contributed by atoms with Gasteiger partial charge < -0.3 is 14.2 Å². The number of rotatable bonds is 2. The van der Waals surface area contributed by atoms with Crippen molar-refractivity contribution in [3.8, 4) is 0 Å². The predicted octanol–water partition coefficient (Wildman–Crippen LogP) is 2.24. The van der Waals surface area contributed by atoms with Gasteiger partial charge in [0.25, 0.3) is 5.91 Å². The van der Waals surface area contributed by atoms with Gasteiger partial charge >= 0.3 is 0 Å². The lowest BCUT2D eigenvalue weighted by molar-refractivity contribution is -0.143. The topological polar surface area (TPSA) is 53.8 Å². The quantitative estimate of drug-likeness (QED) is 0.839. The largest absolute Gasteiger partial charge is 0.468 e. The van der Waals surface area contributed by atoms with Gasteiger partial charge in [-0.05, 0) is 39.7 Å². The second-order valence-corrected chi connectivity index (χ2v) is 6.29. The highest BCUT2D eigenvalue weighted by atomic mass is 16.3. The number of piperazine rings is 1. The first kappa shape index (κ1) is 14.2. The highest BCUT2D eigenvalue weighted by Crippen LogP contribution is 2.42. The van der Waals surface area contributed by atoms with Crippen LogP contribution in [0.3, 0.4) is 0 Å². The zero-order valence-electron chi connectivity index (χ0n) is 13.0. The van der Waals surface area contributed by atoms with Gasteiger partial charge in [-0.15, -0.1) is 0 Å². The van der Waals surface area contributed by atoms with Crippen molar-refractivity contribution < 1.29 is 14.0 Å². The van der Waals surface area contributed by atoms with Gasteiger partial charge in [0.15, 0.2) is 0 Å². The van der Waals surface area contributed by atoms with Crippen LogP contribution in [0, 0.1) is 0 Å². The molecule has 21 heavy (non-hydrogen) atoms. The molecule has 1 aromatic rings. The summed E-state index contributed by atoms with van der Waals surface area (Å²) in [5.41, 5.74) is 0.626. The first-order valence-electron chi connectivity index (χ1n) is 7.60. The number of furan rings is 1. The van der Waals surface area contributed by atoms with Crippen LogP contribution < -0.4 is 0 Å². The molecular formula is C16H22N2O3. The molecule has 5 nitrogen and oxygen atoms in total. The smallest absolute Gasteiger partial charge is 0.258 e. The van der Waals surface area contributed by atoms with Crippen LogP contribution in [0.15, 0.2) is 16.7 Å². The van der Waals surface area contributed by atoms with Crippen molar-refractivity contribution in [1.29, 1.82) is 0 Å². The Morgan fingerprint density at radius 1 is 1.24 bits per heavy atom. The molecule has 1 saturated carbocycles. The minimum absolute atomic E-state index is 0.00826. The van der Waals surface area contributed by atoms with E-state index in [0.29, 0.717) is 11.5 Å². The summed E-state index contributed by atoms with van der Waals surface area (Å²) in [5, 5.41) is 0. The Hall–Kier alpha value is -1.78. The third-order valence-corrected chi connectivity index (χ3v) is 4.98. The molecule has 0 aromatic carbocycles. The number of carbonyl (C=O) groups excluding carboxylic acids is 2. The van der Waals surface area contributed by atoms with Crippen molar-refractivity contribution in [1.82, 2.24) is 9.80 Å². The summed E-state index contributed by atoms with van der Waals surface area (Å²) in [7, 11) is 1.80. The van der Waals surface area contributed by atoms with Gasteiger partial charge in [0.05, 0.1) is 17.9 Å². The van der Waals surface area contributed by atoms with Crippen molar-refractivity contribution in [3.63, 3.8) is 0 Å². The van der Waals surface area contributed by atoms with Crippen molar-refractivity contribution in [3.05, 3.63) is 23.7 Å². The summed E-state index contributed by atoms with van der Waals surface area (Å²) >= 11 is 0. The summed E-state index contributed by atoms with van der Waals surface area (Å²) in [4.78, 5) is 28.7. The molecule has 3 unspecified atom stereocenters. The number of carbonyl (C=O) groups is 2. The van der Waals surface area contributed by atoms with Crippen LogP contribution >= 0.6 is 0 Å². The first-order valence-corrected chi connectivity index (χ1v) is 7.60. The third kappa shape index (κ3) is 2.15. The lowest BCUT2D eigenvalue weighted by atomic mass is 9.98. The van der Waals surface area contributed by atoms with Gasteiger partial charge in [0.1, 0.15) is 11.8 Å². The number of hydrogen-bond acceptors (Lipinski definition) is 3. The molecular weight excluding hydrogens is 268 g/mol. The minimum Gasteiger partial charge on any atom is -0.468 e. The molecule has 2 fully saturated rings. The normalized spacial score (nSPS) is 29.9. The van der Waals surface area contributed by atoms with E-state index in [0.717, 1.165) is 18.6 Å². The Bertz CT molecular complexity index is 576. The van der Waals surface area contributed by atoms with E-state index in [2.05, 4.69) is 0 Å². The van der Waals surface area contributed by atoms with E-state index in [9.17, 15) is 9.59 Å². The molecule has 2 amide bonds. The van der Waals surface area contributed by atoms with Gasteiger partial charge in [-0.1, -0.05) is 0 Å². The first-order chi connectivity index (χ1) is 9.93. The molecule has 2 aliphatic rings. The van der Waals surface area contributed by atoms with Crippen molar-refractivity contribution in [2.24, 2.45) is 0 Å². The average molecular weight is 290 g/mol. The van der Waals surface area contributed by atoms with Crippen LogP contribution in [0.5, 0.6) is 0 Å². The SMILES string of the molecule is CC1C(C)N(C(=O)c2ccoc2C2CC2)C(C)C(=O)N1C. The molecule has 0 N–H and O–H groups in total. The lowest BCUT2D eigenvalue weighted by Crippen LogP contribution is -2.64. The molecule has 0 bridgehead atoms. The zero-order valence-corrected chi connectivity index (χ0v) is 13.0. The molecule has 5 heteroatoms. The molecule has 3 rings (SSSR count). The fourth-order valence-electron chi connectivity index (χ4n) is 3.18. The highest BCUT2D eigenvalue weighted by molar-refractivity contribution is 5.99. The second-order valence-electron chi connectivity index (χ2n) is 6.29. The Morgan fingerprint density at radius 2 is 1.90 bits per heavy atom. The van der Waals surface area contributed by atoms with Crippen LogP contribution in [0.1, 0.15) is 55.6 Å². The summed E-state index contributed by atoms with van der Waals surface area (Å²) in [6.45, 7) is 5.78. The fourth-order valence-corrected chi connectivity index (χ4v) is 3.18. The maximum Gasteiger partial charge on any atom is 0.258 e. The van der Waals surface area contributed by atoms with Crippen LogP contribution in [-0.4, -0.2) is 46.8 Å². The molecule has 2 heterocycles. The van der Waals surface area contributed by atoms with E-state index < -0.39 is 6.04 Å². The van der Waals surface area contributed by atoms with Crippen molar-refractivity contribution in [2.75, 3.05) is 7.05 Å².